The molecule has 1 aromatic carbocycles. The molecular weight excluding hydrogens is 256 g/mol. The summed E-state index contributed by atoms with van der Waals surface area (Å²) in [4.78, 5) is 22.5. The predicted molar refractivity (Wildman–Crippen MR) is 69.7 cm³/mol. The van der Waals surface area contributed by atoms with Crippen LogP contribution in [0.2, 0.25) is 5.02 Å². The molecule has 5 nitrogen and oxygen atoms in total. The topological polar surface area (TPSA) is 81.4 Å². The van der Waals surface area contributed by atoms with E-state index in [0.29, 0.717) is 22.7 Å². The van der Waals surface area contributed by atoms with Gasteiger partial charge in [0.15, 0.2) is 0 Å². The third-order valence-corrected chi connectivity index (χ3v) is 2.80. The van der Waals surface area contributed by atoms with Crippen molar-refractivity contribution in [1.29, 1.82) is 0 Å². The number of primary amides is 1. The van der Waals surface area contributed by atoms with Crippen LogP contribution in [0, 0.1) is 0 Å². The van der Waals surface area contributed by atoms with E-state index in [2.05, 4.69) is 10.1 Å². The van der Waals surface area contributed by atoms with Gasteiger partial charge in [0.1, 0.15) is 6.04 Å². The molecule has 3 N–H and O–H groups in total. The van der Waals surface area contributed by atoms with Crippen LogP contribution in [0.15, 0.2) is 18.2 Å². The van der Waals surface area contributed by atoms with Gasteiger partial charge in [0.05, 0.1) is 17.8 Å². The van der Waals surface area contributed by atoms with Crippen molar-refractivity contribution in [3.63, 3.8) is 0 Å². The van der Waals surface area contributed by atoms with Crippen molar-refractivity contribution < 1.29 is 14.3 Å². The largest absolute Gasteiger partial charge is 0.467 e. The molecule has 1 unspecified atom stereocenters. The minimum Gasteiger partial charge on any atom is -0.467 e. The SMILES string of the molecule is CCC(Nc1cc(C(N)=O)ccc1Cl)C(=O)OC. The Kier molecular flexibility index (Phi) is 4.97. The molecule has 18 heavy (non-hydrogen) atoms. The molecule has 1 amide bonds. The highest BCUT2D eigenvalue weighted by Crippen LogP contribution is 2.24. The van der Waals surface area contributed by atoms with E-state index in [-0.39, 0.29) is 0 Å². The van der Waals surface area contributed by atoms with E-state index in [1.54, 1.807) is 6.07 Å². The maximum absolute atomic E-state index is 11.5. The molecular formula is C12H15ClN2O3. The number of carbonyl (C=O) groups excluding carboxylic acids is 2. The number of esters is 1. The molecule has 0 aliphatic heterocycles. The van der Waals surface area contributed by atoms with Crippen LogP contribution in [-0.2, 0) is 9.53 Å². The van der Waals surface area contributed by atoms with Crippen LogP contribution in [0.4, 0.5) is 5.69 Å². The Hall–Kier alpha value is -1.75. The number of amides is 1. The molecule has 98 valence electrons. The van der Waals surface area contributed by atoms with E-state index >= 15 is 0 Å². The second kappa shape index (κ2) is 6.26. The van der Waals surface area contributed by atoms with Gasteiger partial charge in [-0.2, -0.15) is 0 Å². The summed E-state index contributed by atoms with van der Waals surface area (Å²) in [5.74, 6) is -0.945. The molecule has 0 spiro atoms. The first-order chi connectivity index (χ1) is 8.49. The normalized spacial score (nSPS) is 11.7. The molecule has 0 fully saturated rings. The second-order valence-electron chi connectivity index (χ2n) is 3.69. The van der Waals surface area contributed by atoms with Gasteiger partial charge in [-0.3, -0.25) is 4.79 Å². The molecule has 0 aromatic heterocycles. The number of hydrogen-bond donors (Lipinski definition) is 2. The minimum absolute atomic E-state index is 0.321. The van der Waals surface area contributed by atoms with Crippen LogP contribution in [0.25, 0.3) is 0 Å². The van der Waals surface area contributed by atoms with E-state index in [4.69, 9.17) is 17.3 Å². The number of halogens is 1. The summed E-state index contributed by atoms with van der Waals surface area (Å²) in [6.45, 7) is 1.83. The highest BCUT2D eigenvalue weighted by molar-refractivity contribution is 6.33. The Morgan fingerprint density at radius 2 is 2.17 bits per heavy atom. The van der Waals surface area contributed by atoms with Gasteiger partial charge in [-0.1, -0.05) is 18.5 Å². The summed E-state index contributed by atoms with van der Waals surface area (Å²) in [5, 5.41) is 3.33. The van der Waals surface area contributed by atoms with Crippen molar-refractivity contribution in [2.24, 2.45) is 5.73 Å². The van der Waals surface area contributed by atoms with Crippen molar-refractivity contribution in [2.45, 2.75) is 19.4 Å². The summed E-state index contributed by atoms with van der Waals surface area (Å²) >= 11 is 5.98. The molecule has 6 heteroatoms. The van der Waals surface area contributed by atoms with Crippen LogP contribution >= 0.6 is 11.6 Å². The molecule has 0 heterocycles. The zero-order chi connectivity index (χ0) is 13.7. The van der Waals surface area contributed by atoms with E-state index in [1.807, 2.05) is 6.92 Å². The minimum atomic E-state index is -0.555. The van der Waals surface area contributed by atoms with E-state index in [0.717, 1.165) is 0 Å². The summed E-state index contributed by atoms with van der Waals surface area (Å²) in [7, 11) is 1.31. The highest BCUT2D eigenvalue weighted by Gasteiger charge is 2.18. The van der Waals surface area contributed by atoms with Gasteiger partial charge in [-0.05, 0) is 24.6 Å². The van der Waals surface area contributed by atoms with E-state index in [9.17, 15) is 9.59 Å². The fraction of sp³-hybridized carbons (Fsp3) is 0.333. The Labute approximate surface area is 110 Å². The third-order valence-electron chi connectivity index (χ3n) is 2.47. The van der Waals surface area contributed by atoms with E-state index < -0.39 is 17.9 Å². The van der Waals surface area contributed by atoms with Crippen molar-refractivity contribution in [1.82, 2.24) is 0 Å². The number of methoxy groups -OCH3 is 1. The van der Waals surface area contributed by atoms with Gasteiger partial charge in [-0.25, -0.2) is 4.79 Å². The van der Waals surface area contributed by atoms with Gasteiger partial charge in [0.2, 0.25) is 5.91 Å². The zero-order valence-electron chi connectivity index (χ0n) is 10.2. The van der Waals surface area contributed by atoms with Gasteiger partial charge < -0.3 is 15.8 Å². The van der Waals surface area contributed by atoms with Crippen LogP contribution in [-0.4, -0.2) is 25.0 Å². The van der Waals surface area contributed by atoms with Crippen LogP contribution in [0.1, 0.15) is 23.7 Å². The number of carbonyl (C=O) groups is 2. The number of nitrogens with two attached hydrogens (primary N) is 1. The van der Waals surface area contributed by atoms with E-state index in [1.165, 1.54) is 19.2 Å². The van der Waals surface area contributed by atoms with Crippen LogP contribution < -0.4 is 11.1 Å². The van der Waals surface area contributed by atoms with Crippen molar-refractivity contribution in [3.8, 4) is 0 Å². The lowest BCUT2D eigenvalue weighted by molar-refractivity contribution is -0.141. The molecule has 0 radical (unpaired) electrons. The quantitative estimate of drug-likeness (QED) is 0.800. The van der Waals surface area contributed by atoms with Crippen molar-refractivity contribution in [3.05, 3.63) is 28.8 Å². The number of ether oxygens (including phenoxy) is 1. The number of rotatable bonds is 5. The molecule has 0 aliphatic rings. The highest BCUT2D eigenvalue weighted by atomic mass is 35.5. The zero-order valence-corrected chi connectivity index (χ0v) is 11.0. The monoisotopic (exact) mass is 270 g/mol. The van der Waals surface area contributed by atoms with Gasteiger partial charge in [0.25, 0.3) is 0 Å². The average molecular weight is 271 g/mol. The summed E-state index contributed by atoms with van der Waals surface area (Å²) in [5.41, 5.74) is 5.98. The molecule has 1 rings (SSSR count). The maximum Gasteiger partial charge on any atom is 0.328 e. The Morgan fingerprint density at radius 3 is 2.67 bits per heavy atom. The summed E-state index contributed by atoms with van der Waals surface area (Å²) in [6.07, 6.45) is 0.532. The fourth-order valence-corrected chi connectivity index (χ4v) is 1.62. The molecule has 1 aromatic rings. The summed E-state index contributed by atoms with van der Waals surface area (Å²) in [6, 6.07) is 4.06. The lowest BCUT2D eigenvalue weighted by Crippen LogP contribution is -2.30. The lowest BCUT2D eigenvalue weighted by Gasteiger charge is -2.17. The smallest absolute Gasteiger partial charge is 0.328 e. The van der Waals surface area contributed by atoms with Crippen molar-refractivity contribution >= 4 is 29.2 Å². The Bertz CT molecular complexity index is 463. The first-order valence-corrected chi connectivity index (χ1v) is 5.81. The van der Waals surface area contributed by atoms with Crippen molar-refractivity contribution in [2.75, 3.05) is 12.4 Å². The summed E-state index contributed by atoms with van der Waals surface area (Å²) < 4.78 is 4.66. The fourth-order valence-electron chi connectivity index (χ4n) is 1.45. The van der Waals surface area contributed by atoms with Crippen LogP contribution in [0.3, 0.4) is 0 Å². The second-order valence-corrected chi connectivity index (χ2v) is 4.09. The number of hydrogen-bond acceptors (Lipinski definition) is 4. The number of benzene rings is 1. The molecule has 0 saturated carbocycles. The first-order valence-electron chi connectivity index (χ1n) is 5.43. The Balaban J connectivity index is 2.98. The maximum atomic E-state index is 11.5. The van der Waals surface area contributed by atoms with Gasteiger partial charge in [-0.15, -0.1) is 0 Å². The molecule has 0 aliphatic carbocycles. The average Bonchev–Trinajstić information content (AvgIpc) is 2.36. The molecule has 0 bridgehead atoms. The number of nitrogens with one attached hydrogen (secondary N) is 1. The standard InChI is InChI=1S/C12H15ClN2O3/c1-3-9(12(17)18-2)15-10-6-7(11(14)16)4-5-8(10)13/h4-6,9,15H,3H2,1-2H3,(H2,14,16). The van der Waals surface area contributed by atoms with Crippen LogP contribution in [0.5, 0.6) is 0 Å². The van der Waals surface area contributed by atoms with Gasteiger partial charge >= 0.3 is 5.97 Å². The number of anilines is 1. The third kappa shape index (κ3) is 3.37. The first kappa shape index (κ1) is 14.3. The molecule has 1 atom stereocenters. The predicted octanol–water partition coefficient (Wildman–Crippen LogP) is 1.80. The molecule has 0 saturated heterocycles. The lowest BCUT2D eigenvalue weighted by atomic mass is 10.1. The van der Waals surface area contributed by atoms with Gasteiger partial charge in [0, 0.05) is 5.56 Å². The Morgan fingerprint density at radius 1 is 1.50 bits per heavy atom.